The van der Waals surface area contributed by atoms with Crippen LogP contribution in [0.4, 0.5) is 0 Å². The summed E-state index contributed by atoms with van der Waals surface area (Å²) in [6, 6.07) is 3.79. The molecule has 26 heavy (non-hydrogen) atoms. The fourth-order valence-corrected chi connectivity index (χ4v) is 4.07. The molecule has 6 nitrogen and oxygen atoms in total. The van der Waals surface area contributed by atoms with E-state index in [0.29, 0.717) is 10.8 Å². The van der Waals surface area contributed by atoms with E-state index in [4.69, 9.17) is 21.1 Å². The second kappa shape index (κ2) is 6.59. The van der Waals surface area contributed by atoms with Crippen LogP contribution in [0.1, 0.15) is 32.3 Å². The van der Waals surface area contributed by atoms with Gasteiger partial charge in [-0.3, -0.25) is 9.69 Å². The molecule has 3 aliphatic rings. The highest BCUT2D eigenvalue weighted by Crippen LogP contribution is 2.37. The number of halogens is 1. The number of rotatable bonds is 2. The smallest absolute Gasteiger partial charge is 0.240 e. The van der Waals surface area contributed by atoms with Gasteiger partial charge in [-0.15, -0.1) is 0 Å². The predicted molar refractivity (Wildman–Crippen MR) is 99.6 cm³/mol. The van der Waals surface area contributed by atoms with Crippen LogP contribution in [-0.4, -0.2) is 49.3 Å². The number of amides is 1. The Bertz CT molecular complexity index is 714. The zero-order valence-corrected chi connectivity index (χ0v) is 16.1. The van der Waals surface area contributed by atoms with Crippen LogP contribution in [0.5, 0.6) is 11.5 Å². The fourth-order valence-electron chi connectivity index (χ4n) is 3.86. The van der Waals surface area contributed by atoms with E-state index in [0.717, 1.165) is 56.9 Å². The lowest BCUT2D eigenvalue weighted by molar-refractivity contribution is -0.129. The molecule has 0 aliphatic carbocycles. The van der Waals surface area contributed by atoms with Gasteiger partial charge in [0.15, 0.2) is 11.5 Å². The first-order valence-electron chi connectivity index (χ1n) is 9.21. The molecule has 1 spiro atoms. The Morgan fingerprint density at radius 3 is 2.58 bits per heavy atom. The van der Waals surface area contributed by atoms with Crippen molar-refractivity contribution in [3.05, 3.63) is 22.7 Å². The quantitative estimate of drug-likeness (QED) is 0.824. The van der Waals surface area contributed by atoms with Gasteiger partial charge in [0.2, 0.25) is 12.7 Å². The largest absolute Gasteiger partial charge is 0.454 e. The number of piperidine rings is 1. The molecule has 3 heterocycles. The first-order chi connectivity index (χ1) is 12.4. The van der Waals surface area contributed by atoms with E-state index in [9.17, 15) is 4.79 Å². The number of ether oxygens (including phenoxy) is 2. The van der Waals surface area contributed by atoms with Gasteiger partial charge in [-0.1, -0.05) is 25.4 Å². The van der Waals surface area contributed by atoms with Gasteiger partial charge in [0.05, 0.1) is 0 Å². The number of nitrogens with zero attached hydrogens (tertiary/aromatic N) is 1. The van der Waals surface area contributed by atoms with E-state index < -0.39 is 5.54 Å². The average molecular weight is 380 g/mol. The molecule has 2 saturated heterocycles. The van der Waals surface area contributed by atoms with Crippen molar-refractivity contribution in [1.82, 2.24) is 15.5 Å². The first kappa shape index (κ1) is 17.9. The summed E-state index contributed by atoms with van der Waals surface area (Å²) < 4.78 is 10.8. The van der Waals surface area contributed by atoms with Gasteiger partial charge >= 0.3 is 0 Å². The Hall–Kier alpha value is -1.50. The molecule has 4 rings (SSSR count). The molecular weight excluding hydrogens is 354 g/mol. The summed E-state index contributed by atoms with van der Waals surface area (Å²) in [6.45, 7) is 8.62. The summed E-state index contributed by atoms with van der Waals surface area (Å²) in [4.78, 5) is 15.0. The first-order valence-corrected chi connectivity index (χ1v) is 9.58. The molecular formula is C19H26ClN3O3. The highest BCUT2D eigenvalue weighted by Gasteiger charge is 2.44. The van der Waals surface area contributed by atoms with Gasteiger partial charge in [0, 0.05) is 43.8 Å². The molecule has 2 N–H and O–H groups in total. The van der Waals surface area contributed by atoms with E-state index >= 15 is 0 Å². The average Bonchev–Trinajstić information content (AvgIpc) is 3.02. The minimum absolute atomic E-state index is 0.0797. The summed E-state index contributed by atoms with van der Waals surface area (Å²) in [5.74, 6) is 1.60. The third kappa shape index (κ3) is 3.38. The number of fused-ring (bicyclic) bond motifs is 1. The highest BCUT2D eigenvalue weighted by atomic mass is 35.5. The lowest BCUT2D eigenvalue weighted by Gasteiger charge is -2.40. The number of carbonyl (C=O) groups excluding carboxylic acids is 1. The predicted octanol–water partition coefficient (Wildman–Crippen LogP) is 2.15. The number of likely N-dealkylation sites (tertiary alicyclic amines) is 1. The number of benzene rings is 1. The summed E-state index contributed by atoms with van der Waals surface area (Å²) in [6.07, 6.45) is 1.61. The lowest BCUT2D eigenvalue weighted by Crippen LogP contribution is -2.60. The van der Waals surface area contributed by atoms with Gasteiger partial charge in [0.25, 0.3) is 0 Å². The van der Waals surface area contributed by atoms with Gasteiger partial charge in [-0.2, -0.15) is 0 Å². The Morgan fingerprint density at radius 1 is 1.15 bits per heavy atom. The molecule has 1 amide bonds. The normalized spacial score (nSPS) is 24.3. The number of nitrogens with one attached hydrogen (secondary N) is 2. The maximum atomic E-state index is 12.7. The summed E-state index contributed by atoms with van der Waals surface area (Å²) >= 11 is 6.41. The number of hydrogen-bond donors (Lipinski definition) is 2. The third-order valence-corrected chi connectivity index (χ3v) is 6.06. The van der Waals surface area contributed by atoms with Crippen molar-refractivity contribution >= 4 is 17.5 Å². The van der Waals surface area contributed by atoms with Crippen LogP contribution in [0.3, 0.4) is 0 Å². The number of carbonyl (C=O) groups is 1. The summed E-state index contributed by atoms with van der Waals surface area (Å²) in [5.41, 5.74) is 0.672. The maximum Gasteiger partial charge on any atom is 0.240 e. The van der Waals surface area contributed by atoms with Crippen molar-refractivity contribution in [3.8, 4) is 11.5 Å². The zero-order valence-electron chi connectivity index (χ0n) is 15.4. The zero-order chi connectivity index (χ0) is 18.4. The molecule has 0 unspecified atom stereocenters. The van der Waals surface area contributed by atoms with Crippen molar-refractivity contribution in [2.24, 2.45) is 5.41 Å². The van der Waals surface area contributed by atoms with Crippen LogP contribution in [0.15, 0.2) is 12.1 Å². The molecule has 0 aromatic heterocycles. The van der Waals surface area contributed by atoms with Crippen LogP contribution in [0.25, 0.3) is 0 Å². The standard InChI is InChI=1S/C19H26ClN3O3/c1-18(2)10-21-17(24)19(22-11-18)3-5-23(6-4-19)9-13-7-15-16(8-14(13)20)26-12-25-15/h7-8,22H,3-6,9-12H2,1-2H3,(H,21,24). The van der Waals surface area contributed by atoms with Crippen LogP contribution in [0, 0.1) is 5.41 Å². The SMILES string of the molecule is CC1(C)CNC(=O)C2(CCN(Cc3cc4c(cc3Cl)OCO4)CC2)NC1. The van der Waals surface area contributed by atoms with Gasteiger partial charge < -0.3 is 20.1 Å². The molecule has 1 aromatic rings. The molecule has 0 saturated carbocycles. The molecule has 2 fully saturated rings. The van der Waals surface area contributed by atoms with Crippen molar-refractivity contribution < 1.29 is 14.3 Å². The molecule has 0 atom stereocenters. The summed E-state index contributed by atoms with van der Waals surface area (Å²) in [5, 5.41) is 7.39. The van der Waals surface area contributed by atoms with E-state index in [1.807, 2.05) is 12.1 Å². The molecule has 7 heteroatoms. The molecule has 3 aliphatic heterocycles. The highest BCUT2D eigenvalue weighted by molar-refractivity contribution is 6.31. The van der Waals surface area contributed by atoms with Crippen LogP contribution in [0.2, 0.25) is 5.02 Å². The fraction of sp³-hybridized carbons (Fsp3) is 0.632. The Labute approximate surface area is 159 Å². The van der Waals surface area contributed by atoms with Crippen molar-refractivity contribution in [2.45, 2.75) is 38.8 Å². The summed E-state index contributed by atoms with van der Waals surface area (Å²) in [7, 11) is 0. The second-order valence-corrected chi connectivity index (χ2v) is 8.76. The maximum absolute atomic E-state index is 12.7. The van der Waals surface area contributed by atoms with Crippen molar-refractivity contribution in [1.29, 1.82) is 0 Å². The van der Waals surface area contributed by atoms with Gasteiger partial charge in [-0.25, -0.2) is 0 Å². The molecule has 0 bridgehead atoms. The molecule has 142 valence electrons. The van der Waals surface area contributed by atoms with E-state index in [1.165, 1.54) is 0 Å². The minimum Gasteiger partial charge on any atom is -0.454 e. The molecule has 0 radical (unpaired) electrons. The second-order valence-electron chi connectivity index (χ2n) is 8.36. The van der Waals surface area contributed by atoms with Crippen molar-refractivity contribution in [3.63, 3.8) is 0 Å². The van der Waals surface area contributed by atoms with Crippen LogP contribution < -0.4 is 20.1 Å². The Kier molecular flexibility index (Phi) is 4.53. The topological polar surface area (TPSA) is 62.8 Å². The van der Waals surface area contributed by atoms with Crippen LogP contribution >= 0.6 is 11.6 Å². The minimum atomic E-state index is -0.442. The van der Waals surface area contributed by atoms with Crippen molar-refractivity contribution in [2.75, 3.05) is 33.0 Å². The lowest BCUT2D eigenvalue weighted by atomic mass is 9.86. The third-order valence-electron chi connectivity index (χ3n) is 5.71. The van der Waals surface area contributed by atoms with Gasteiger partial charge in [-0.05, 0) is 29.9 Å². The van der Waals surface area contributed by atoms with E-state index in [2.05, 4.69) is 29.4 Å². The Balaban J connectivity index is 1.42. The van der Waals surface area contributed by atoms with Gasteiger partial charge in [0.1, 0.15) is 5.54 Å². The Morgan fingerprint density at radius 2 is 1.85 bits per heavy atom. The van der Waals surface area contributed by atoms with E-state index in [-0.39, 0.29) is 18.1 Å². The number of hydrogen-bond acceptors (Lipinski definition) is 5. The molecule has 1 aromatic carbocycles. The van der Waals surface area contributed by atoms with E-state index in [1.54, 1.807) is 0 Å². The van der Waals surface area contributed by atoms with Crippen LogP contribution in [-0.2, 0) is 11.3 Å². The monoisotopic (exact) mass is 379 g/mol.